The quantitative estimate of drug-likeness (QED) is 0.461. The van der Waals surface area contributed by atoms with E-state index in [0.29, 0.717) is 0 Å². The highest BCUT2D eigenvalue weighted by atomic mass is 15.0. The Bertz CT molecular complexity index is 406. The van der Waals surface area contributed by atoms with Crippen molar-refractivity contribution in [2.24, 2.45) is 16.5 Å². The monoisotopic (exact) mass is 231 g/mol. The van der Waals surface area contributed by atoms with Gasteiger partial charge in [-0.3, -0.25) is 4.99 Å². The van der Waals surface area contributed by atoms with Crippen LogP contribution in [0.2, 0.25) is 0 Å². The number of aryl methyl sites for hydroxylation is 3. The molecule has 2 rings (SSSR count). The van der Waals surface area contributed by atoms with Crippen LogP contribution in [0.3, 0.4) is 0 Å². The predicted molar refractivity (Wildman–Crippen MR) is 72.1 cm³/mol. The first-order valence-electron chi connectivity index (χ1n) is 6.42. The molecule has 1 aliphatic carbocycles. The number of fused-ring (bicyclic) bond motifs is 1. The number of benzene rings is 1. The van der Waals surface area contributed by atoms with E-state index in [1.54, 1.807) is 11.1 Å². The first-order valence-corrected chi connectivity index (χ1v) is 6.42. The molecule has 92 valence electrons. The number of guanidine groups is 1. The van der Waals surface area contributed by atoms with Crippen molar-refractivity contribution in [1.29, 1.82) is 0 Å². The second-order valence-corrected chi connectivity index (χ2v) is 4.72. The minimum Gasteiger partial charge on any atom is -0.370 e. The van der Waals surface area contributed by atoms with Gasteiger partial charge in [-0.15, -0.1) is 0 Å². The van der Waals surface area contributed by atoms with Crippen LogP contribution in [0.25, 0.3) is 0 Å². The molecular formula is C14H21N3. The van der Waals surface area contributed by atoms with Crippen molar-refractivity contribution < 1.29 is 0 Å². The molecule has 0 saturated carbocycles. The second-order valence-electron chi connectivity index (χ2n) is 4.72. The predicted octanol–water partition coefficient (Wildman–Crippen LogP) is 1.77. The van der Waals surface area contributed by atoms with Crippen molar-refractivity contribution in [3.63, 3.8) is 0 Å². The Labute approximate surface area is 103 Å². The summed E-state index contributed by atoms with van der Waals surface area (Å²) in [6.45, 7) is 0.743. The molecule has 0 radical (unpaired) electrons. The number of nitrogens with zero attached hydrogens (tertiary/aromatic N) is 1. The van der Waals surface area contributed by atoms with Gasteiger partial charge in [0.1, 0.15) is 0 Å². The third kappa shape index (κ3) is 3.48. The Morgan fingerprint density at radius 1 is 1.12 bits per heavy atom. The molecule has 17 heavy (non-hydrogen) atoms. The van der Waals surface area contributed by atoms with E-state index in [-0.39, 0.29) is 5.96 Å². The molecule has 0 fully saturated rings. The van der Waals surface area contributed by atoms with Crippen LogP contribution < -0.4 is 11.5 Å². The number of hydrogen-bond acceptors (Lipinski definition) is 1. The topological polar surface area (TPSA) is 64.4 Å². The number of nitrogens with two attached hydrogens (primary N) is 2. The summed E-state index contributed by atoms with van der Waals surface area (Å²) in [5.41, 5.74) is 15.1. The average Bonchev–Trinajstić information content (AvgIpc) is 2.75. The van der Waals surface area contributed by atoms with Crippen LogP contribution in [-0.2, 0) is 19.3 Å². The van der Waals surface area contributed by atoms with Gasteiger partial charge in [-0.05, 0) is 55.2 Å². The Balaban J connectivity index is 1.78. The molecule has 3 heteroatoms. The van der Waals surface area contributed by atoms with E-state index >= 15 is 0 Å². The minimum atomic E-state index is 0.197. The number of aliphatic imine (C=N–C) groups is 1. The second kappa shape index (κ2) is 5.71. The van der Waals surface area contributed by atoms with Crippen molar-refractivity contribution in [1.82, 2.24) is 0 Å². The number of unbranched alkanes of at least 4 members (excludes halogenated alkanes) is 1. The van der Waals surface area contributed by atoms with Gasteiger partial charge in [0.25, 0.3) is 0 Å². The van der Waals surface area contributed by atoms with Gasteiger partial charge in [0.05, 0.1) is 0 Å². The molecule has 0 amide bonds. The number of rotatable bonds is 5. The van der Waals surface area contributed by atoms with Crippen molar-refractivity contribution >= 4 is 5.96 Å². The zero-order valence-electron chi connectivity index (χ0n) is 10.3. The van der Waals surface area contributed by atoms with Gasteiger partial charge < -0.3 is 11.5 Å². The van der Waals surface area contributed by atoms with Crippen molar-refractivity contribution in [3.05, 3.63) is 34.9 Å². The van der Waals surface area contributed by atoms with Gasteiger partial charge in [0, 0.05) is 6.54 Å². The summed E-state index contributed by atoms with van der Waals surface area (Å²) in [5.74, 6) is 0.197. The van der Waals surface area contributed by atoms with E-state index in [0.717, 1.165) is 25.8 Å². The van der Waals surface area contributed by atoms with E-state index in [1.807, 2.05) is 0 Å². The lowest BCUT2D eigenvalue weighted by atomic mass is 10.0. The molecule has 1 aliphatic rings. The fourth-order valence-corrected chi connectivity index (χ4v) is 2.43. The molecule has 1 aromatic carbocycles. The lowest BCUT2D eigenvalue weighted by molar-refractivity contribution is 0.744. The van der Waals surface area contributed by atoms with Crippen LogP contribution in [0.4, 0.5) is 0 Å². The summed E-state index contributed by atoms with van der Waals surface area (Å²) in [4.78, 5) is 3.99. The molecule has 0 bridgehead atoms. The van der Waals surface area contributed by atoms with Gasteiger partial charge >= 0.3 is 0 Å². The van der Waals surface area contributed by atoms with E-state index < -0.39 is 0 Å². The van der Waals surface area contributed by atoms with Crippen LogP contribution in [0, 0.1) is 0 Å². The Hall–Kier alpha value is -1.51. The Morgan fingerprint density at radius 2 is 1.94 bits per heavy atom. The van der Waals surface area contributed by atoms with Gasteiger partial charge in [0.2, 0.25) is 0 Å². The zero-order chi connectivity index (χ0) is 12.1. The largest absolute Gasteiger partial charge is 0.370 e. The summed E-state index contributed by atoms with van der Waals surface area (Å²) in [5, 5.41) is 0. The molecule has 0 unspecified atom stereocenters. The molecule has 0 saturated heterocycles. The maximum Gasteiger partial charge on any atom is 0.185 e. The van der Waals surface area contributed by atoms with E-state index in [1.165, 1.54) is 24.8 Å². The smallest absolute Gasteiger partial charge is 0.185 e. The van der Waals surface area contributed by atoms with Crippen LogP contribution in [0.1, 0.15) is 36.0 Å². The van der Waals surface area contributed by atoms with Gasteiger partial charge in [0.15, 0.2) is 5.96 Å². The molecule has 0 aliphatic heterocycles. The van der Waals surface area contributed by atoms with Gasteiger partial charge in [-0.1, -0.05) is 18.2 Å². The van der Waals surface area contributed by atoms with Crippen LogP contribution in [-0.4, -0.2) is 12.5 Å². The standard InChI is InChI=1S/C14H21N3/c15-14(16)17-9-2-1-4-11-7-8-12-5-3-6-13(12)10-11/h7-8,10H,1-6,9H2,(H4,15,16,17). The zero-order valence-corrected chi connectivity index (χ0v) is 10.3. The van der Waals surface area contributed by atoms with E-state index in [9.17, 15) is 0 Å². The fourth-order valence-electron chi connectivity index (χ4n) is 2.43. The van der Waals surface area contributed by atoms with Gasteiger partial charge in [-0.25, -0.2) is 0 Å². The minimum absolute atomic E-state index is 0.197. The third-order valence-corrected chi connectivity index (χ3v) is 3.33. The molecular weight excluding hydrogens is 210 g/mol. The van der Waals surface area contributed by atoms with Crippen molar-refractivity contribution in [3.8, 4) is 0 Å². The normalized spacial score (nSPS) is 13.4. The SMILES string of the molecule is NC(N)=NCCCCc1ccc2c(c1)CCC2. The molecule has 0 heterocycles. The number of hydrogen-bond donors (Lipinski definition) is 2. The molecule has 0 spiro atoms. The summed E-state index contributed by atoms with van der Waals surface area (Å²) in [6, 6.07) is 6.95. The maximum atomic E-state index is 5.28. The third-order valence-electron chi connectivity index (χ3n) is 3.33. The summed E-state index contributed by atoms with van der Waals surface area (Å²) in [7, 11) is 0. The first kappa shape index (κ1) is 12.0. The van der Waals surface area contributed by atoms with Crippen molar-refractivity contribution in [2.45, 2.75) is 38.5 Å². The maximum absolute atomic E-state index is 5.28. The van der Waals surface area contributed by atoms with Crippen LogP contribution in [0.5, 0.6) is 0 Å². The summed E-state index contributed by atoms with van der Waals surface area (Å²) < 4.78 is 0. The highest BCUT2D eigenvalue weighted by molar-refractivity contribution is 5.75. The Kier molecular flexibility index (Phi) is 4.02. The molecule has 1 aromatic rings. The van der Waals surface area contributed by atoms with Gasteiger partial charge in [-0.2, -0.15) is 0 Å². The lowest BCUT2D eigenvalue weighted by Crippen LogP contribution is -2.22. The first-order chi connectivity index (χ1) is 8.25. The summed E-state index contributed by atoms with van der Waals surface area (Å²) in [6.07, 6.45) is 7.18. The lowest BCUT2D eigenvalue weighted by Gasteiger charge is -2.04. The van der Waals surface area contributed by atoms with Crippen molar-refractivity contribution in [2.75, 3.05) is 6.54 Å². The highest BCUT2D eigenvalue weighted by Gasteiger charge is 2.10. The highest BCUT2D eigenvalue weighted by Crippen LogP contribution is 2.23. The summed E-state index contributed by atoms with van der Waals surface area (Å²) >= 11 is 0. The molecule has 0 atom stereocenters. The average molecular weight is 231 g/mol. The van der Waals surface area contributed by atoms with Crippen LogP contribution in [0.15, 0.2) is 23.2 Å². The van der Waals surface area contributed by atoms with E-state index in [4.69, 9.17) is 11.5 Å². The Morgan fingerprint density at radius 3 is 2.76 bits per heavy atom. The fraction of sp³-hybridized carbons (Fsp3) is 0.500. The molecule has 4 N–H and O–H groups in total. The molecule has 0 aromatic heterocycles. The van der Waals surface area contributed by atoms with Crippen LogP contribution >= 0.6 is 0 Å². The molecule has 3 nitrogen and oxygen atoms in total. The van der Waals surface area contributed by atoms with E-state index in [2.05, 4.69) is 23.2 Å².